The molecule has 3 N–H and O–H groups in total. The number of piperidine rings is 1. The topological polar surface area (TPSA) is 110 Å². The average molecular weight is 496 g/mol. The molecule has 7 nitrogen and oxygen atoms in total. The SMILES string of the molecule is NC(=O)c1c(NC(=O)C2CCN(S(=O)(=O)c3ccc(Cl)cc3)CC2)sc2c1CCCCC2. The first-order chi connectivity index (χ1) is 15.3. The number of thiophene rings is 1. The Morgan fingerprint density at radius 2 is 1.72 bits per heavy atom. The van der Waals surface area contributed by atoms with E-state index in [2.05, 4.69) is 5.32 Å². The number of amides is 2. The summed E-state index contributed by atoms with van der Waals surface area (Å²) in [4.78, 5) is 26.4. The molecule has 1 aliphatic carbocycles. The Morgan fingerprint density at radius 3 is 2.38 bits per heavy atom. The van der Waals surface area contributed by atoms with Crippen LogP contribution in [0.2, 0.25) is 5.02 Å². The number of halogens is 1. The fraction of sp³-hybridized carbons (Fsp3) is 0.455. The second-order valence-electron chi connectivity index (χ2n) is 8.25. The smallest absolute Gasteiger partial charge is 0.251 e. The lowest BCUT2D eigenvalue weighted by atomic mass is 9.97. The lowest BCUT2D eigenvalue weighted by Gasteiger charge is -2.30. The summed E-state index contributed by atoms with van der Waals surface area (Å²) in [5.41, 5.74) is 7.09. The van der Waals surface area contributed by atoms with Gasteiger partial charge in [-0.3, -0.25) is 9.59 Å². The molecule has 1 fully saturated rings. The summed E-state index contributed by atoms with van der Waals surface area (Å²) in [6.07, 6.45) is 5.74. The normalized spacial score (nSPS) is 18.0. The zero-order valence-corrected chi connectivity index (χ0v) is 20.0. The Hall–Kier alpha value is -1.94. The van der Waals surface area contributed by atoms with Gasteiger partial charge in [-0.2, -0.15) is 4.31 Å². The lowest BCUT2D eigenvalue weighted by molar-refractivity contribution is -0.120. The fourth-order valence-corrected chi connectivity index (χ4v) is 7.31. The molecule has 2 heterocycles. The number of nitrogens with one attached hydrogen (secondary N) is 1. The van der Waals surface area contributed by atoms with Gasteiger partial charge in [-0.25, -0.2) is 8.42 Å². The van der Waals surface area contributed by atoms with E-state index < -0.39 is 15.9 Å². The number of anilines is 1. The molecule has 1 aliphatic heterocycles. The minimum absolute atomic E-state index is 0.188. The average Bonchev–Trinajstić information content (AvgIpc) is 2.95. The van der Waals surface area contributed by atoms with Gasteiger partial charge in [0.2, 0.25) is 15.9 Å². The minimum atomic E-state index is -3.63. The fourth-order valence-electron chi connectivity index (χ4n) is 4.42. The monoisotopic (exact) mass is 495 g/mol. The van der Waals surface area contributed by atoms with Crippen LogP contribution < -0.4 is 11.1 Å². The third-order valence-electron chi connectivity index (χ3n) is 6.18. The van der Waals surface area contributed by atoms with Crippen LogP contribution >= 0.6 is 22.9 Å². The van der Waals surface area contributed by atoms with Crippen molar-refractivity contribution < 1.29 is 18.0 Å². The highest BCUT2D eigenvalue weighted by Crippen LogP contribution is 2.38. The third kappa shape index (κ3) is 4.71. The van der Waals surface area contributed by atoms with Gasteiger partial charge in [-0.15, -0.1) is 11.3 Å². The number of hydrogen-bond donors (Lipinski definition) is 2. The van der Waals surface area contributed by atoms with Crippen LogP contribution in [0, 0.1) is 5.92 Å². The summed E-state index contributed by atoms with van der Waals surface area (Å²) in [6, 6.07) is 6.08. The van der Waals surface area contributed by atoms with Crippen molar-refractivity contribution in [2.45, 2.75) is 49.8 Å². The Bertz CT molecular complexity index is 1120. The highest BCUT2D eigenvalue weighted by molar-refractivity contribution is 7.89. The van der Waals surface area contributed by atoms with Crippen molar-refractivity contribution in [1.29, 1.82) is 0 Å². The van der Waals surface area contributed by atoms with Gasteiger partial charge in [0.05, 0.1) is 10.5 Å². The van der Waals surface area contributed by atoms with Crippen molar-refractivity contribution in [2.75, 3.05) is 18.4 Å². The summed E-state index contributed by atoms with van der Waals surface area (Å²) in [5, 5.41) is 3.93. The van der Waals surface area contributed by atoms with E-state index >= 15 is 0 Å². The highest BCUT2D eigenvalue weighted by Gasteiger charge is 2.33. The zero-order chi connectivity index (χ0) is 22.9. The molecular formula is C22H26ClN3O4S2. The van der Waals surface area contributed by atoms with Crippen molar-refractivity contribution in [2.24, 2.45) is 11.7 Å². The van der Waals surface area contributed by atoms with Crippen molar-refractivity contribution in [3.63, 3.8) is 0 Å². The summed E-state index contributed by atoms with van der Waals surface area (Å²) in [7, 11) is -3.63. The van der Waals surface area contributed by atoms with E-state index in [0.717, 1.165) is 42.5 Å². The maximum Gasteiger partial charge on any atom is 0.251 e. The van der Waals surface area contributed by atoms with E-state index in [1.165, 1.54) is 27.8 Å². The van der Waals surface area contributed by atoms with Crippen LogP contribution in [0.1, 0.15) is 52.9 Å². The van der Waals surface area contributed by atoms with E-state index in [4.69, 9.17) is 17.3 Å². The molecule has 4 rings (SSSR count). The highest BCUT2D eigenvalue weighted by atomic mass is 35.5. The molecule has 0 unspecified atom stereocenters. The van der Waals surface area contributed by atoms with E-state index in [1.807, 2.05) is 0 Å². The molecule has 1 aromatic heterocycles. The number of carbonyl (C=O) groups is 2. The molecule has 0 radical (unpaired) electrons. The predicted molar refractivity (Wildman–Crippen MR) is 126 cm³/mol. The van der Waals surface area contributed by atoms with Crippen LogP contribution in [0.25, 0.3) is 0 Å². The van der Waals surface area contributed by atoms with Crippen molar-refractivity contribution in [3.8, 4) is 0 Å². The van der Waals surface area contributed by atoms with Crippen LogP contribution in [0.3, 0.4) is 0 Å². The number of aryl methyl sites for hydroxylation is 1. The maximum absolute atomic E-state index is 12.9. The lowest BCUT2D eigenvalue weighted by Crippen LogP contribution is -2.41. The predicted octanol–water partition coefficient (Wildman–Crippen LogP) is 3.81. The molecule has 0 saturated carbocycles. The Labute approximate surface area is 197 Å². The van der Waals surface area contributed by atoms with Gasteiger partial charge in [-0.05, 0) is 68.4 Å². The second kappa shape index (κ2) is 9.51. The summed E-state index contributed by atoms with van der Waals surface area (Å²) < 4.78 is 27.1. The van der Waals surface area contributed by atoms with Crippen LogP contribution in [0.15, 0.2) is 29.2 Å². The van der Waals surface area contributed by atoms with Gasteiger partial charge in [-0.1, -0.05) is 18.0 Å². The van der Waals surface area contributed by atoms with Gasteiger partial charge in [0.25, 0.3) is 5.91 Å². The molecule has 0 atom stereocenters. The molecule has 2 amide bonds. The summed E-state index contributed by atoms with van der Waals surface area (Å²) in [6.45, 7) is 0.513. The second-order valence-corrected chi connectivity index (χ2v) is 11.7. The van der Waals surface area contributed by atoms with Crippen LogP contribution in [0.4, 0.5) is 5.00 Å². The van der Waals surface area contributed by atoms with Crippen molar-refractivity contribution >= 4 is 49.8 Å². The van der Waals surface area contributed by atoms with Crippen LogP contribution in [-0.2, 0) is 27.7 Å². The molecule has 2 aromatic rings. The summed E-state index contributed by atoms with van der Waals surface area (Å²) >= 11 is 7.31. The molecule has 0 bridgehead atoms. The molecule has 1 aromatic carbocycles. The Balaban J connectivity index is 1.43. The molecule has 2 aliphatic rings. The first-order valence-corrected chi connectivity index (χ1v) is 13.4. The van der Waals surface area contributed by atoms with E-state index in [9.17, 15) is 18.0 Å². The number of primary amides is 1. The van der Waals surface area contributed by atoms with Crippen molar-refractivity contribution in [1.82, 2.24) is 4.31 Å². The Morgan fingerprint density at radius 1 is 1.06 bits per heavy atom. The van der Waals surface area contributed by atoms with E-state index in [0.29, 0.717) is 28.4 Å². The first kappa shape index (κ1) is 23.2. The number of carbonyl (C=O) groups excluding carboxylic acids is 2. The molecular weight excluding hydrogens is 470 g/mol. The molecule has 10 heteroatoms. The quantitative estimate of drug-likeness (QED) is 0.614. The van der Waals surface area contributed by atoms with Crippen molar-refractivity contribution in [3.05, 3.63) is 45.3 Å². The number of hydrogen-bond acceptors (Lipinski definition) is 5. The van der Waals surface area contributed by atoms with Gasteiger partial charge < -0.3 is 11.1 Å². The number of nitrogens with zero attached hydrogens (tertiary/aromatic N) is 1. The van der Waals surface area contributed by atoms with Gasteiger partial charge in [0.15, 0.2) is 0 Å². The minimum Gasteiger partial charge on any atom is -0.365 e. The van der Waals surface area contributed by atoms with Gasteiger partial charge in [0.1, 0.15) is 5.00 Å². The third-order valence-corrected chi connectivity index (χ3v) is 9.55. The number of fused-ring (bicyclic) bond motifs is 1. The number of benzene rings is 1. The molecule has 32 heavy (non-hydrogen) atoms. The van der Waals surface area contributed by atoms with Gasteiger partial charge in [0, 0.05) is 28.9 Å². The number of sulfonamides is 1. The number of rotatable bonds is 5. The van der Waals surface area contributed by atoms with E-state index in [1.54, 1.807) is 12.1 Å². The molecule has 1 saturated heterocycles. The first-order valence-electron chi connectivity index (χ1n) is 10.8. The largest absolute Gasteiger partial charge is 0.365 e. The maximum atomic E-state index is 12.9. The van der Waals surface area contributed by atoms with Crippen LogP contribution in [0.5, 0.6) is 0 Å². The van der Waals surface area contributed by atoms with Crippen LogP contribution in [-0.4, -0.2) is 37.6 Å². The van der Waals surface area contributed by atoms with Gasteiger partial charge >= 0.3 is 0 Å². The standard InChI is InChI=1S/C22H26ClN3O4S2/c23-15-6-8-16(9-7-15)32(29,30)26-12-10-14(11-13-26)21(28)25-22-19(20(24)27)17-4-2-1-3-5-18(17)31-22/h6-9,14H,1-5,10-13H2,(H2,24,27)(H,25,28). The number of nitrogens with two attached hydrogens (primary N) is 1. The molecule has 172 valence electrons. The Kier molecular flexibility index (Phi) is 6.90. The summed E-state index contributed by atoms with van der Waals surface area (Å²) in [5.74, 6) is -1.02. The van der Waals surface area contributed by atoms with E-state index in [-0.39, 0.29) is 29.8 Å². The molecule has 0 spiro atoms. The zero-order valence-electron chi connectivity index (χ0n) is 17.6.